The number of hydrogen-bond acceptors (Lipinski definition) is 2. The SMILES string of the molecule is C[C@H](C(=O)N[C@@H]1CCCc2ccccc21)[NH+]1CCN(c2cccc[nH+]2)CC1. The van der Waals surface area contributed by atoms with E-state index in [2.05, 4.69) is 58.5 Å². The number of amides is 1. The fourth-order valence-corrected chi connectivity index (χ4v) is 4.43. The summed E-state index contributed by atoms with van der Waals surface area (Å²) in [6.45, 7) is 5.99. The molecule has 0 spiro atoms. The Morgan fingerprint density at radius 1 is 1.19 bits per heavy atom. The van der Waals surface area contributed by atoms with Crippen molar-refractivity contribution in [2.24, 2.45) is 0 Å². The fourth-order valence-electron chi connectivity index (χ4n) is 4.43. The molecule has 2 atom stereocenters. The zero-order valence-electron chi connectivity index (χ0n) is 16.1. The van der Waals surface area contributed by atoms with E-state index in [1.165, 1.54) is 16.0 Å². The summed E-state index contributed by atoms with van der Waals surface area (Å²) in [5.74, 6) is 1.35. The number of aryl methyl sites for hydroxylation is 1. The highest BCUT2D eigenvalue weighted by Crippen LogP contribution is 2.29. The number of piperazine rings is 1. The average Bonchev–Trinajstić information content (AvgIpc) is 2.74. The third-order valence-electron chi connectivity index (χ3n) is 6.13. The normalized spacial score (nSPS) is 21.4. The van der Waals surface area contributed by atoms with Crippen LogP contribution in [0.5, 0.6) is 0 Å². The van der Waals surface area contributed by atoms with Crippen LogP contribution in [0, 0.1) is 0 Å². The summed E-state index contributed by atoms with van der Waals surface area (Å²) in [4.78, 5) is 20.0. The minimum absolute atomic E-state index is 0.0130. The lowest BCUT2D eigenvalue weighted by atomic mass is 9.87. The molecule has 1 aliphatic carbocycles. The van der Waals surface area contributed by atoms with Crippen molar-refractivity contribution in [2.45, 2.75) is 38.3 Å². The molecule has 5 nitrogen and oxygen atoms in total. The third-order valence-corrected chi connectivity index (χ3v) is 6.13. The lowest BCUT2D eigenvalue weighted by Crippen LogP contribution is -3.19. The van der Waals surface area contributed by atoms with Gasteiger partial charge in [0.25, 0.3) is 11.7 Å². The van der Waals surface area contributed by atoms with E-state index in [9.17, 15) is 4.79 Å². The minimum Gasteiger partial charge on any atom is -0.344 e. The summed E-state index contributed by atoms with van der Waals surface area (Å²) >= 11 is 0. The Balaban J connectivity index is 1.34. The maximum atomic E-state index is 12.9. The molecule has 0 radical (unpaired) electrons. The van der Waals surface area contributed by atoms with Gasteiger partial charge >= 0.3 is 0 Å². The highest BCUT2D eigenvalue weighted by atomic mass is 16.2. The molecule has 1 saturated heterocycles. The van der Waals surface area contributed by atoms with Crippen molar-refractivity contribution >= 4 is 11.7 Å². The van der Waals surface area contributed by atoms with Gasteiger partial charge in [-0.05, 0) is 43.4 Å². The second-order valence-corrected chi connectivity index (χ2v) is 7.77. The molecule has 0 unspecified atom stereocenters. The van der Waals surface area contributed by atoms with Gasteiger partial charge in [-0.1, -0.05) is 30.3 Å². The van der Waals surface area contributed by atoms with Crippen molar-refractivity contribution in [3.8, 4) is 0 Å². The number of aromatic nitrogens is 1. The Morgan fingerprint density at radius 2 is 1.96 bits per heavy atom. The van der Waals surface area contributed by atoms with Crippen LogP contribution in [-0.4, -0.2) is 38.1 Å². The van der Waals surface area contributed by atoms with Crippen molar-refractivity contribution in [3.63, 3.8) is 0 Å². The number of fused-ring (bicyclic) bond motifs is 1. The zero-order chi connectivity index (χ0) is 18.6. The van der Waals surface area contributed by atoms with E-state index in [4.69, 9.17) is 0 Å². The molecule has 2 aromatic rings. The summed E-state index contributed by atoms with van der Waals surface area (Å²) in [7, 11) is 0. The first kappa shape index (κ1) is 18.0. The largest absolute Gasteiger partial charge is 0.344 e. The number of benzene rings is 1. The third kappa shape index (κ3) is 3.98. The Morgan fingerprint density at radius 3 is 2.74 bits per heavy atom. The number of quaternary nitrogens is 1. The van der Waals surface area contributed by atoms with Gasteiger partial charge in [0.2, 0.25) is 0 Å². The number of pyridine rings is 1. The number of carbonyl (C=O) groups is 1. The molecule has 5 heteroatoms. The monoisotopic (exact) mass is 366 g/mol. The predicted octanol–water partition coefficient (Wildman–Crippen LogP) is 0.788. The Bertz CT molecular complexity index is 771. The van der Waals surface area contributed by atoms with Crippen LogP contribution in [0.4, 0.5) is 5.82 Å². The van der Waals surface area contributed by atoms with Crippen LogP contribution in [0.1, 0.15) is 36.9 Å². The molecule has 4 rings (SSSR count). The van der Waals surface area contributed by atoms with Gasteiger partial charge in [0.15, 0.2) is 6.04 Å². The van der Waals surface area contributed by atoms with E-state index in [0.29, 0.717) is 0 Å². The highest BCUT2D eigenvalue weighted by Gasteiger charge is 2.33. The van der Waals surface area contributed by atoms with Crippen LogP contribution in [0.3, 0.4) is 0 Å². The number of nitrogens with zero attached hydrogens (tertiary/aromatic N) is 1. The number of nitrogens with one attached hydrogen (secondary N) is 3. The smallest absolute Gasteiger partial charge is 0.278 e. The average molecular weight is 367 g/mol. The first-order chi connectivity index (χ1) is 13.2. The molecule has 0 bridgehead atoms. The highest BCUT2D eigenvalue weighted by molar-refractivity contribution is 5.80. The van der Waals surface area contributed by atoms with Crippen LogP contribution < -0.4 is 20.1 Å². The second kappa shape index (κ2) is 8.09. The molecule has 3 N–H and O–H groups in total. The molecule has 1 aromatic carbocycles. The molecule has 1 aliphatic heterocycles. The summed E-state index contributed by atoms with van der Waals surface area (Å²) in [5, 5.41) is 3.34. The van der Waals surface area contributed by atoms with Gasteiger partial charge in [-0.25, -0.2) is 4.98 Å². The Kier molecular flexibility index (Phi) is 5.39. The molecule has 27 heavy (non-hydrogen) atoms. The van der Waals surface area contributed by atoms with Crippen LogP contribution in [0.2, 0.25) is 0 Å². The van der Waals surface area contributed by atoms with Crippen molar-refractivity contribution in [1.29, 1.82) is 0 Å². The van der Waals surface area contributed by atoms with Gasteiger partial charge in [0.1, 0.15) is 26.2 Å². The predicted molar refractivity (Wildman–Crippen MR) is 106 cm³/mol. The van der Waals surface area contributed by atoms with E-state index < -0.39 is 0 Å². The van der Waals surface area contributed by atoms with Gasteiger partial charge in [-0.2, -0.15) is 0 Å². The number of hydrogen-bond donors (Lipinski definition) is 2. The van der Waals surface area contributed by atoms with Crippen LogP contribution in [0.15, 0.2) is 48.7 Å². The lowest BCUT2D eigenvalue weighted by Gasteiger charge is -2.33. The molecular formula is C22H30N4O+2. The fraction of sp³-hybridized carbons (Fsp3) is 0.455. The topological polar surface area (TPSA) is 50.9 Å². The van der Waals surface area contributed by atoms with Gasteiger partial charge in [-0.15, -0.1) is 0 Å². The van der Waals surface area contributed by atoms with Gasteiger partial charge in [-0.3, -0.25) is 9.69 Å². The van der Waals surface area contributed by atoms with E-state index in [1.54, 1.807) is 0 Å². The number of rotatable bonds is 4. The minimum atomic E-state index is -0.0130. The molecule has 1 fully saturated rings. The van der Waals surface area contributed by atoms with E-state index in [-0.39, 0.29) is 18.0 Å². The van der Waals surface area contributed by atoms with Crippen molar-refractivity contribution in [2.75, 3.05) is 31.1 Å². The molecule has 1 aromatic heterocycles. The second-order valence-electron chi connectivity index (χ2n) is 7.77. The number of anilines is 1. The Hall–Kier alpha value is -2.40. The molecule has 0 saturated carbocycles. The molecule has 142 valence electrons. The van der Waals surface area contributed by atoms with Gasteiger partial charge in [0, 0.05) is 6.07 Å². The maximum absolute atomic E-state index is 12.9. The first-order valence-corrected chi connectivity index (χ1v) is 10.2. The van der Waals surface area contributed by atoms with E-state index >= 15 is 0 Å². The quantitative estimate of drug-likeness (QED) is 0.841. The summed E-state index contributed by atoms with van der Waals surface area (Å²) in [5.41, 5.74) is 2.70. The molecule has 1 amide bonds. The molecular weight excluding hydrogens is 336 g/mol. The first-order valence-electron chi connectivity index (χ1n) is 10.2. The lowest BCUT2D eigenvalue weighted by molar-refractivity contribution is -0.914. The summed E-state index contributed by atoms with van der Waals surface area (Å²) < 4.78 is 0. The van der Waals surface area contributed by atoms with E-state index in [1.807, 2.05) is 12.3 Å². The Labute approximate surface area is 161 Å². The zero-order valence-corrected chi connectivity index (χ0v) is 16.1. The summed E-state index contributed by atoms with van der Waals surface area (Å²) in [6.07, 6.45) is 5.28. The standard InChI is InChI=1S/C22H28N4O/c1-17(25-13-15-26(16-14-25)21-11-4-5-12-23-21)22(27)24-20-10-6-8-18-7-2-3-9-19(18)20/h2-5,7,9,11-12,17,20H,6,8,10,13-16H2,1H3,(H,24,27)/p+2/t17-,20-/m1/s1. The van der Waals surface area contributed by atoms with Crippen LogP contribution in [-0.2, 0) is 11.2 Å². The summed E-state index contributed by atoms with van der Waals surface area (Å²) in [6, 6.07) is 14.9. The van der Waals surface area contributed by atoms with Crippen LogP contribution >= 0.6 is 0 Å². The van der Waals surface area contributed by atoms with Gasteiger partial charge in [0.05, 0.1) is 12.2 Å². The molecule has 2 aliphatic rings. The number of carbonyl (C=O) groups excluding carboxylic acids is 1. The van der Waals surface area contributed by atoms with Crippen molar-refractivity contribution < 1.29 is 14.7 Å². The van der Waals surface area contributed by atoms with Crippen molar-refractivity contribution in [3.05, 3.63) is 59.8 Å². The number of H-pyrrole nitrogens is 1. The van der Waals surface area contributed by atoms with Gasteiger partial charge < -0.3 is 10.2 Å². The molecule has 2 heterocycles. The number of aromatic amines is 1. The van der Waals surface area contributed by atoms with E-state index in [0.717, 1.165) is 51.3 Å². The maximum Gasteiger partial charge on any atom is 0.278 e. The van der Waals surface area contributed by atoms with Crippen LogP contribution in [0.25, 0.3) is 0 Å². The van der Waals surface area contributed by atoms with Crippen molar-refractivity contribution in [1.82, 2.24) is 5.32 Å².